The molecule has 4 nitrogen and oxygen atoms in total. The number of rotatable bonds is 5. The van der Waals surface area contributed by atoms with Crippen LogP contribution in [0.2, 0.25) is 0 Å². The normalized spacial score (nSPS) is 21.8. The van der Waals surface area contributed by atoms with E-state index >= 15 is 0 Å². The quantitative estimate of drug-likeness (QED) is 0.872. The van der Waals surface area contributed by atoms with Crippen molar-refractivity contribution < 1.29 is 18.3 Å². The fourth-order valence-corrected chi connectivity index (χ4v) is 2.16. The number of benzene rings is 1. The molecule has 0 aromatic heterocycles. The first kappa shape index (κ1) is 15.7. The van der Waals surface area contributed by atoms with Crippen molar-refractivity contribution in [1.29, 1.82) is 0 Å². The van der Waals surface area contributed by atoms with Crippen molar-refractivity contribution in [2.24, 2.45) is 0 Å². The average molecular weight is 298 g/mol. The van der Waals surface area contributed by atoms with Crippen LogP contribution in [0.1, 0.15) is 18.9 Å². The molecule has 1 heterocycles. The van der Waals surface area contributed by atoms with E-state index in [4.69, 9.17) is 4.74 Å². The molecule has 1 aliphatic rings. The maximum Gasteiger partial charge on any atom is 0.262 e. The van der Waals surface area contributed by atoms with Gasteiger partial charge in [-0.1, -0.05) is 17.7 Å². The van der Waals surface area contributed by atoms with Crippen molar-refractivity contribution in [3.63, 3.8) is 0 Å². The lowest BCUT2D eigenvalue weighted by molar-refractivity contribution is -0.123. The zero-order chi connectivity index (χ0) is 15.5. The summed E-state index contributed by atoms with van der Waals surface area (Å²) in [6, 6.07) is 6.75. The maximum absolute atomic E-state index is 13.0. The Balaban J connectivity index is 1.75. The van der Waals surface area contributed by atoms with Crippen LogP contribution in [0.3, 0.4) is 0 Å². The van der Waals surface area contributed by atoms with Gasteiger partial charge in [0.05, 0.1) is 19.1 Å². The Morgan fingerprint density at radius 3 is 2.71 bits per heavy atom. The molecule has 1 aliphatic heterocycles. The second-order valence-electron chi connectivity index (χ2n) is 5.48. The molecule has 2 atom stereocenters. The second-order valence-corrected chi connectivity index (χ2v) is 5.48. The van der Waals surface area contributed by atoms with Crippen LogP contribution in [0.4, 0.5) is 8.78 Å². The third kappa shape index (κ3) is 4.67. The Morgan fingerprint density at radius 1 is 1.48 bits per heavy atom. The number of hydrogen-bond acceptors (Lipinski definition) is 3. The summed E-state index contributed by atoms with van der Waals surface area (Å²) >= 11 is 0. The van der Waals surface area contributed by atoms with E-state index in [1.165, 1.54) is 0 Å². The molecule has 1 amide bonds. The van der Waals surface area contributed by atoms with E-state index in [1.807, 2.05) is 38.1 Å². The van der Waals surface area contributed by atoms with Crippen LogP contribution in [0.15, 0.2) is 24.3 Å². The van der Waals surface area contributed by atoms with Gasteiger partial charge in [0.1, 0.15) is 11.9 Å². The number of aryl methyl sites for hydroxylation is 1. The fourth-order valence-electron chi connectivity index (χ4n) is 2.16. The van der Waals surface area contributed by atoms with Gasteiger partial charge in [0, 0.05) is 6.42 Å². The van der Waals surface area contributed by atoms with E-state index in [1.54, 1.807) is 0 Å². The lowest BCUT2D eigenvalue weighted by Crippen LogP contribution is -2.43. The molecule has 1 aromatic carbocycles. The number of carbonyl (C=O) groups excluding carboxylic acids is 1. The molecule has 2 rings (SSSR count). The number of amides is 1. The summed E-state index contributed by atoms with van der Waals surface area (Å²) in [6.45, 7) is 3.63. The number of alkyl halides is 2. The molecule has 116 valence electrons. The molecular formula is C15H20F2N2O2. The number of ether oxygens (including phenoxy) is 1. The Kier molecular flexibility index (Phi) is 4.77. The fraction of sp³-hybridized carbons (Fsp3) is 0.533. The van der Waals surface area contributed by atoms with Gasteiger partial charge in [-0.15, -0.1) is 0 Å². The smallest absolute Gasteiger partial charge is 0.262 e. The van der Waals surface area contributed by atoms with Crippen LogP contribution in [0.25, 0.3) is 0 Å². The summed E-state index contributed by atoms with van der Waals surface area (Å²) < 4.78 is 31.7. The topological polar surface area (TPSA) is 50.4 Å². The van der Waals surface area contributed by atoms with E-state index in [0.29, 0.717) is 5.75 Å². The van der Waals surface area contributed by atoms with Crippen LogP contribution in [-0.4, -0.2) is 37.1 Å². The number of halogens is 2. The van der Waals surface area contributed by atoms with E-state index in [9.17, 15) is 13.6 Å². The van der Waals surface area contributed by atoms with Crippen molar-refractivity contribution in [2.75, 3.05) is 13.1 Å². The number of nitrogens with one attached hydrogen (secondary N) is 2. The predicted octanol–water partition coefficient (Wildman–Crippen LogP) is 1.88. The highest BCUT2D eigenvalue weighted by atomic mass is 19.3. The summed E-state index contributed by atoms with van der Waals surface area (Å²) in [4.78, 5) is 11.8. The molecule has 0 spiro atoms. The summed E-state index contributed by atoms with van der Waals surface area (Å²) in [5.74, 6) is -2.49. The van der Waals surface area contributed by atoms with E-state index < -0.39 is 30.8 Å². The first-order valence-corrected chi connectivity index (χ1v) is 6.98. The largest absolute Gasteiger partial charge is 0.489 e. The molecule has 6 heteroatoms. The molecule has 1 aromatic rings. The molecule has 1 fully saturated rings. The molecule has 2 unspecified atom stereocenters. The number of hydrogen-bond donors (Lipinski definition) is 2. The van der Waals surface area contributed by atoms with Crippen molar-refractivity contribution in [3.05, 3.63) is 29.8 Å². The first-order valence-electron chi connectivity index (χ1n) is 6.98. The first-order chi connectivity index (χ1) is 9.85. The minimum atomic E-state index is -2.80. The van der Waals surface area contributed by atoms with Gasteiger partial charge in [-0.3, -0.25) is 10.1 Å². The van der Waals surface area contributed by atoms with E-state index in [0.717, 1.165) is 5.56 Å². The second kappa shape index (κ2) is 6.39. The molecule has 21 heavy (non-hydrogen) atoms. The Hall–Kier alpha value is -1.69. The summed E-state index contributed by atoms with van der Waals surface area (Å²) in [6.07, 6.45) is -0.690. The standard InChI is InChI=1S/C15H20F2N2O2/c1-10-3-5-12(6-4-10)21-11(2)8-18-14(20)13-7-15(16,17)9-19-13/h3-6,11,13,19H,7-9H2,1-2H3,(H,18,20). The Labute approximate surface area is 122 Å². The lowest BCUT2D eigenvalue weighted by atomic mass is 10.2. The molecule has 0 aliphatic carbocycles. The van der Waals surface area contributed by atoms with E-state index in [2.05, 4.69) is 10.6 Å². The lowest BCUT2D eigenvalue weighted by Gasteiger charge is -2.17. The molecule has 1 saturated heterocycles. The Bertz CT molecular complexity index is 491. The summed E-state index contributed by atoms with van der Waals surface area (Å²) in [5.41, 5.74) is 1.14. The van der Waals surface area contributed by atoms with Crippen molar-refractivity contribution in [2.45, 2.75) is 38.3 Å². The van der Waals surface area contributed by atoms with Gasteiger partial charge in [0.25, 0.3) is 5.92 Å². The van der Waals surface area contributed by atoms with Crippen LogP contribution in [0, 0.1) is 6.92 Å². The molecule has 0 radical (unpaired) electrons. The van der Waals surface area contributed by atoms with Crippen molar-refractivity contribution in [1.82, 2.24) is 10.6 Å². The molecule has 2 N–H and O–H groups in total. The third-order valence-electron chi connectivity index (χ3n) is 3.35. The van der Waals surface area contributed by atoms with Gasteiger partial charge >= 0.3 is 0 Å². The average Bonchev–Trinajstić information content (AvgIpc) is 2.79. The zero-order valence-electron chi connectivity index (χ0n) is 12.2. The van der Waals surface area contributed by atoms with Crippen molar-refractivity contribution in [3.8, 4) is 5.75 Å². The van der Waals surface area contributed by atoms with Gasteiger partial charge in [-0.25, -0.2) is 8.78 Å². The predicted molar refractivity (Wildman–Crippen MR) is 75.6 cm³/mol. The van der Waals surface area contributed by atoms with Crippen molar-refractivity contribution >= 4 is 5.91 Å². The highest BCUT2D eigenvalue weighted by Gasteiger charge is 2.42. The van der Waals surface area contributed by atoms with Gasteiger partial charge in [0.15, 0.2) is 0 Å². The monoisotopic (exact) mass is 298 g/mol. The minimum Gasteiger partial charge on any atom is -0.489 e. The van der Waals surface area contributed by atoms with Crippen LogP contribution in [0.5, 0.6) is 5.75 Å². The summed E-state index contributed by atoms with van der Waals surface area (Å²) in [5, 5.41) is 5.16. The molecule has 0 bridgehead atoms. The molecule has 0 saturated carbocycles. The molecular weight excluding hydrogens is 278 g/mol. The van der Waals surface area contributed by atoms with Crippen LogP contribution < -0.4 is 15.4 Å². The Morgan fingerprint density at radius 2 is 2.14 bits per heavy atom. The van der Waals surface area contributed by atoms with Gasteiger partial charge in [-0.05, 0) is 26.0 Å². The highest BCUT2D eigenvalue weighted by Crippen LogP contribution is 2.25. The number of carbonyl (C=O) groups is 1. The highest BCUT2D eigenvalue weighted by molar-refractivity contribution is 5.82. The van der Waals surface area contributed by atoms with Gasteiger partial charge < -0.3 is 10.1 Å². The van der Waals surface area contributed by atoms with Gasteiger partial charge in [-0.2, -0.15) is 0 Å². The third-order valence-corrected chi connectivity index (χ3v) is 3.35. The van der Waals surface area contributed by atoms with Crippen LogP contribution in [-0.2, 0) is 4.79 Å². The van der Waals surface area contributed by atoms with Gasteiger partial charge in [0.2, 0.25) is 5.91 Å². The zero-order valence-corrected chi connectivity index (χ0v) is 12.2. The van der Waals surface area contributed by atoms with Crippen LogP contribution >= 0.6 is 0 Å². The summed E-state index contributed by atoms with van der Waals surface area (Å²) in [7, 11) is 0. The minimum absolute atomic E-state index is 0.237. The SMILES string of the molecule is Cc1ccc(OC(C)CNC(=O)C2CC(F)(F)CN2)cc1. The maximum atomic E-state index is 13.0. The van der Waals surface area contributed by atoms with E-state index in [-0.39, 0.29) is 12.6 Å².